The number of rotatable bonds is 5. The second kappa shape index (κ2) is 6.86. The number of carbonyl (C=O) groups excluding carboxylic acids is 2. The van der Waals surface area contributed by atoms with E-state index in [1.165, 1.54) is 6.20 Å². The van der Waals surface area contributed by atoms with Crippen LogP contribution in [0.2, 0.25) is 0 Å². The summed E-state index contributed by atoms with van der Waals surface area (Å²) in [5.74, 6) is -0.953. The maximum atomic E-state index is 12.2. The van der Waals surface area contributed by atoms with Crippen LogP contribution in [0.15, 0.2) is 35.3 Å². The van der Waals surface area contributed by atoms with E-state index in [0.717, 1.165) is 0 Å². The molecule has 0 saturated carbocycles. The molecule has 1 aromatic carbocycles. The van der Waals surface area contributed by atoms with Gasteiger partial charge >= 0.3 is 0 Å². The van der Waals surface area contributed by atoms with E-state index in [1.54, 1.807) is 31.2 Å². The van der Waals surface area contributed by atoms with Gasteiger partial charge in [0.15, 0.2) is 0 Å². The van der Waals surface area contributed by atoms with Crippen LogP contribution in [0, 0.1) is 0 Å². The van der Waals surface area contributed by atoms with Gasteiger partial charge in [0.1, 0.15) is 5.56 Å². The monoisotopic (exact) mass is 302 g/mol. The minimum Gasteiger partial charge on any atom is -0.360 e. The number of nitrogens with one attached hydrogen (secondary N) is 3. The Morgan fingerprint density at radius 2 is 2.05 bits per heavy atom. The van der Waals surface area contributed by atoms with Crippen molar-refractivity contribution in [2.24, 2.45) is 5.73 Å². The topological polar surface area (TPSA) is 117 Å². The van der Waals surface area contributed by atoms with E-state index in [2.05, 4.69) is 15.6 Å². The Labute approximate surface area is 126 Å². The zero-order valence-corrected chi connectivity index (χ0v) is 12.2. The third kappa shape index (κ3) is 3.50. The lowest BCUT2D eigenvalue weighted by molar-refractivity contribution is -0.120. The number of H-pyrrole nitrogens is 1. The molecule has 0 fully saturated rings. The Balaban J connectivity index is 2.09. The molecule has 0 spiro atoms. The van der Waals surface area contributed by atoms with Gasteiger partial charge in [0.05, 0.1) is 6.54 Å². The van der Waals surface area contributed by atoms with Crippen LogP contribution >= 0.6 is 0 Å². The third-order valence-electron chi connectivity index (χ3n) is 3.20. The number of para-hydroxylation sites is 1. The molecule has 0 aliphatic rings. The van der Waals surface area contributed by atoms with Gasteiger partial charge in [0.2, 0.25) is 11.3 Å². The lowest BCUT2D eigenvalue weighted by Crippen LogP contribution is -2.44. The average molecular weight is 302 g/mol. The number of aromatic amines is 1. The van der Waals surface area contributed by atoms with Gasteiger partial charge in [-0.15, -0.1) is 0 Å². The fourth-order valence-corrected chi connectivity index (χ4v) is 1.98. The number of hydrogen-bond acceptors (Lipinski definition) is 4. The molecule has 2 rings (SSSR count). The molecular formula is C15H18N4O3. The zero-order valence-electron chi connectivity index (χ0n) is 12.2. The smallest absolute Gasteiger partial charge is 0.257 e. The van der Waals surface area contributed by atoms with Crippen molar-refractivity contribution in [2.45, 2.75) is 13.0 Å². The zero-order chi connectivity index (χ0) is 16.1. The van der Waals surface area contributed by atoms with Crippen molar-refractivity contribution in [3.8, 4) is 0 Å². The summed E-state index contributed by atoms with van der Waals surface area (Å²) in [6.07, 6.45) is 1.35. The van der Waals surface area contributed by atoms with Gasteiger partial charge in [-0.2, -0.15) is 0 Å². The molecule has 0 aliphatic heterocycles. The number of benzene rings is 1. The van der Waals surface area contributed by atoms with Gasteiger partial charge in [0.25, 0.3) is 5.91 Å². The third-order valence-corrected chi connectivity index (χ3v) is 3.20. The molecule has 1 aromatic heterocycles. The Bertz CT molecular complexity index is 754. The molecule has 0 saturated heterocycles. The Hall–Kier alpha value is -2.67. The molecule has 7 heteroatoms. The molecular weight excluding hydrogens is 284 g/mol. The molecule has 1 atom stereocenters. The van der Waals surface area contributed by atoms with Gasteiger partial charge in [-0.1, -0.05) is 12.1 Å². The molecule has 2 amide bonds. The van der Waals surface area contributed by atoms with Crippen molar-refractivity contribution >= 4 is 22.7 Å². The van der Waals surface area contributed by atoms with Crippen molar-refractivity contribution in [1.82, 2.24) is 15.6 Å². The maximum Gasteiger partial charge on any atom is 0.257 e. The van der Waals surface area contributed by atoms with Crippen LogP contribution in [-0.2, 0) is 4.79 Å². The van der Waals surface area contributed by atoms with E-state index in [4.69, 9.17) is 5.73 Å². The maximum absolute atomic E-state index is 12.2. The number of pyridine rings is 1. The van der Waals surface area contributed by atoms with Crippen LogP contribution in [0.25, 0.3) is 10.9 Å². The van der Waals surface area contributed by atoms with E-state index >= 15 is 0 Å². The van der Waals surface area contributed by atoms with Gasteiger partial charge in [-0.3, -0.25) is 14.4 Å². The minimum absolute atomic E-state index is 0.0293. The predicted molar refractivity (Wildman–Crippen MR) is 83.6 cm³/mol. The summed E-state index contributed by atoms with van der Waals surface area (Å²) >= 11 is 0. The first-order chi connectivity index (χ1) is 10.5. The largest absolute Gasteiger partial charge is 0.360 e. The molecule has 0 aliphatic carbocycles. The molecule has 5 N–H and O–H groups in total. The lowest BCUT2D eigenvalue weighted by Gasteiger charge is -2.11. The van der Waals surface area contributed by atoms with Gasteiger partial charge in [-0.25, -0.2) is 0 Å². The molecule has 0 bridgehead atoms. The van der Waals surface area contributed by atoms with Crippen molar-refractivity contribution in [3.63, 3.8) is 0 Å². The first-order valence-corrected chi connectivity index (χ1v) is 6.91. The highest BCUT2D eigenvalue weighted by molar-refractivity contribution is 5.98. The summed E-state index contributed by atoms with van der Waals surface area (Å²) in [6.45, 7) is 1.85. The number of aromatic nitrogens is 1. The average Bonchev–Trinajstić information content (AvgIpc) is 2.53. The minimum atomic E-state index is -0.595. The van der Waals surface area contributed by atoms with Crippen LogP contribution in [0.3, 0.4) is 0 Å². The summed E-state index contributed by atoms with van der Waals surface area (Å²) in [7, 11) is 0. The fourth-order valence-electron chi connectivity index (χ4n) is 1.98. The number of nitrogens with two attached hydrogens (primary N) is 1. The van der Waals surface area contributed by atoms with Crippen LogP contribution in [0.1, 0.15) is 17.3 Å². The van der Waals surface area contributed by atoms with E-state index in [0.29, 0.717) is 17.4 Å². The first-order valence-electron chi connectivity index (χ1n) is 6.91. The highest BCUT2D eigenvalue weighted by atomic mass is 16.2. The van der Waals surface area contributed by atoms with Gasteiger partial charge < -0.3 is 21.4 Å². The summed E-state index contributed by atoms with van der Waals surface area (Å²) in [6, 6.07) is 6.73. The Morgan fingerprint density at radius 1 is 1.32 bits per heavy atom. The van der Waals surface area contributed by atoms with E-state index in [1.807, 2.05) is 0 Å². The molecule has 0 unspecified atom stereocenters. The first kappa shape index (κ1) is 15.7. The summed E-state index contributed by atoms with van der Waals surface area (Å²) in [5, 5.41) is 5.47. The van der Waals surface area contributed by atoms with Crippen LogP contribution in [-0.4, -0.2) is 35.9 Å². The normalized spacial score (nSPS) is 11.9. The van der Waals surface area contributed by atoms with Gasteiger partial charge in [-0.05, 0) is 19.1 Å². The Kier molecular flexibility index (Phi) is 4.90. The molecule has 1 heterocycles. The van der Waals surface area contributed by atoms with E-state index in [9.17, 15) is 14.4 Å². The molecule has 2 aromatic rings. The second-order valence-electron chi connectivity index (χ2n) is 4.96. The quantitative estimate of drug-likeness (QED) is 0.607. The summed E-state index contributed by atoms with van der Waals surface area (Å²) in [5.41, 5.74) is 5.64. The Morgan fingerprint density at radius 3 is 2.77 bits per heavy atom. The van der Waals surface area contributed by atoms with Crippen molar-refractivity contribution in [2.75, 3.05) is 13.1 Å². The van der Waals surface area contributed by atoms with Crippen molar-refractivity contribution in [1.29, 1.82) is 0 Å². The number of amides is 2. The van der Waals surface area contributed by atoms with Crippen LogP contribution in [0.5, 0.6) is 0 Å². The number of carbonyl (C=O) groups is 2. The fraction of sp³-hybridized carbons (Fsp3) is 0.267. The molecule has 22 heavy (non-hydrogen) atoms. The SMILES string of the molecule is C[C@@H](CN)NC(=O)CNC(=O)c1c[nH]c2ccccc2c1=O. The summed E-state index contributed by atoms with van der Waals surface area (Å²) < 4.78 is 0. The molecule has 0 radical (unpaired) electrons. The standard InChI is InChI=1S/C15H18N4O3/c1-9(6-16)19-13(20)8-18-15(22)11-7-17-12-5-3-2-4-10(12)14(11)21/h2-5,7,9H,6,8,16H2,1H3,(H,17,21)(H,18,22)(H,19,20)/t9-/m0/s1. The van der Waals surface area contributed by atoms with E-state index in [-0.39, 0.29) is 29.5 Å². The van der Waals surface area contributed by atoms with Gasteiger partial charge in [0, 0.05) is 29.7 Å². The van der Waals surface area contributed by atoms with Crippen LogP contribution in [0.4, 0.5) is 0 Å². The number of fused-ring (bicyclic) bond motifs is 1. The van der Waals surface area contributed by atoms with Crippen molar-refractivity contribution < 1.29 is 9.59 Å². The second-order valence-corrected chi connectivity index (χ2v) is 4.96. The van der Waals surface area contributed by atoms with Crippen LogP contribution < -0.4 is 21.8 Å². The molecule has 7 nitrogen and oxygen atoms in total. The lowest BCUT2D eigenvalue weighted by atomic mass is 10.1. The van der Waals surface area contributed by atoms with E-state index < -0.39 is 5.91 Å². The number of hydrogen-bond donors (Lipinski definition) is 4. The summed E-state index contributed by atoms with van der Waals surface area (Å²) in [4.78, 5) is 38.7. The highest BCUT2D eigenvalue weighted by Gasteiger charge is 2.14. The van der Waals surface area contributed by atoms with Crippen molar-refractivity contribution in [3.05, 3.63) is 46.2 Å². The predicted octanol–water partition coefficient (Wildman–Crippen LogP) is -0.279. The highest BCUT2D eigenvalue weighted by Crippen LogP contribution is 2.06. The molecule has 116 valence electrons.